The summed E-state index contributed by atoms with van der Waals surface area (Å²) in [6.45, 7) is 0. The Hall–Kier alpha value is -2.82. The Bertz CT molecular complexity index is 769. The minimum atomic E-state index is -0.0616. The van der Waals surface area contributed by atoms with Crippen LogP contribution in [0.3, 0.4) is 0 Å². The molecular weight excluding hydrogens is 316 g/mol. The second-order valence-corrected chi connectivity index (χ2v) is 6.24. The molecule has 5 heteroatoms. The monoisotopic (exact) mass is 338 g/mol. The summed E-state index contributed by atoms with van der Waals surface area (Å²) in [6, 6.07) is 14.9. The smallest absolute Gasteiger partial charge is 0.227 e. The third-order valence-corrected chi connectivity index (χ3v) is 4.14. The summed E-state index contributed by atoms with van der Waals surface area (Å²) in [4.78, 5) is 24.0. The van der Waals surface area contributed by atoms with Crippen LogP contribution in [0.2, 0.25) is 0 Å². The van der Waals surface area contributed by atoms with Crippen molar-refractivity contribution in [3.8, 4) is 5.75 Å². The van der Waals surface area contributed by atoms with E-state index in [1.165, 1.54) is 0 Å². The molecule has 0 aromatic heterocycles. The van der Waals surface area contributed by atoms with Gasteiger partial charge < -0.3 is 15.4 Å². The number of rotatable bonds is 7. The Morgan fingerprint density at radius 2 is 1.76 bits per heavy atom. The summed E-state index contributed by atoms with van der Waals surface area (Å²) in [5, 5.41) is 5.76. The summed E-state index contributed by atoms with van der Waals surface area (Å²) in [5.41, 5.74) is 2.45. The molecule has 0 radical (unpaired) electrons. The summed E-state index contributed by atoms with van der Waals surface area (Å²) in [7, 11) is 1.63. The van der Waals surface area contributed by atoms with E-state index >= 15 is 0 Å². The molecule has 0 heterocycles. The molecule has 0 bridgehead atoms. The molecule has 0 unspecified atom stereocenters. The number of hydrogen-bond donors (Lipinski definition) is 2. The van der Waals surface area contributed by atoms with Gasteiger partial charge in [-0.2, -0.15) is 0 Å². The molecule has 2 aromatic rings. The molecule has 1 aliphatic carbocycles. The molecule has 0 atom stereocenters. The standard InChI is InChI=1S/C20H22N2O3/c1-25-18-7-2-4-14(12-18)8-11-19(23)21-16-5-3-6-17(13-16)22-20(24)15-9-10-15/h2-7,12-13,15H,8-11H2,1H3,(H,21,23)(H,22,24). The molecule has 25 heavy (non-hydrogen) atoms. The molecule has 2 amide bonds. The van der Waals surface area contributed by atoms with Crippen LogP contribution < -0.4 is 15.4 Å². The van der Waals surface area contributed by atoms with E-state index in [-0.39, 0.29) is 17.7 Å². The Morgan fingerprint density at radius 1 is 1.04 bits per heavy atom. The Morgan fingerprint density at radius 3 is 2.48 bits per heavy atom. The van der Waals surface area contributed by atoms with Gasteiger partial charge in [0.25, 0.3) is 0 Å². The largest absolute Gasteiger partial charge is 0.497 e. The predicted molar refractivity (Wildman–Crippen MR) is 97.7 cm³/mol. The number of nitrogens with one attached hydrogen (secondary N) is 2. The fourth-order valence-corrected chi connectivity index (χ4v) is 2.57. The maximum atomic E-state index is 12.2. The molecule has 0 aliphatic heterocycles. The fourth-order valence-electron chi connectivity index (χ4n) is 2.57. The van der Waals surface area contributed by atoms with Crippen LogP contribution in [0.25, 0.3) is 0 Å². The lowest BCUT2D eigenvalue weighted by Gasteiger charge is -2.09. The van der Waals surface area contributed by atoms with E-state index in [1.54, 1.807) is 13.2 Å². The van der Waals surface area contributed by atoms with Crippen LogP contribution in [0.4, 0.5) is 11.4 Å². The van der Waals surface area contributed by atoms with E-state index in [9.17, 15) is 9.59 Å². The van der Waals surface area contributed by atoms with Crippen molar-refractivity contribution < 1.29 is 14.3 Å². The summed E-state index contributed by atoms with van der Waals surface area (Å²) >= 11 is 0. The second kappa shape index (κ2) is 7.83. The fraction of sp³-hybridized carbons (Fsp3) is 0.300. The second-order valence-electron chi connectivity index (χ2n) is 6.24. The van der Waals surface area contributed by atoms with Gasteiger partial charge in [0.05, 0.1) is 7.11 Å². The zero-order valence-electron chi connectivity index (χ0n) is 14.2. The number of ether oxygens (including phenoxy) is 1. The molecule has 130 valence electrons. The topological polar surface area (TPSA) is 67.4 Å². The highest BCUT2D eigenvalue weighted by Gasteiger charge is 2.29. The zero-order chi connectivity index (χ0) is 17.6. The van der Waals surface area contributed by atoms with Crippen LogP contribution >= 0.6 is 0 Å². The van der Waals surface area contributed by atoms with E-state index in [0.29, 0.717) is 24.2 Å². The lowest BCUT2D eigenvalue weighted by atomic mass is 10.1. The number of benzene rings is 2. The highest BCUT2D eigenvalue weighted by Crippen LogP contribution is 2.30. The van der Waals surface area contributed by atoms with Crippen LogP contribution in [0.5, 0.6) is 5.75 Å². The van der Waals surface area contributed by atoms with Crippen molar-refractivity contribution in [1.29, 1.82) is 0 Å². The van der Waals surface area contributed by atoms with Crippen molar-refractivity contribution in [3.05, 3.63) is 54.1 Å². The first-order valence-electron chi connectivity index (χ1n) is 8.48. The normalized spacial score (nSPS) is 13.2. The van der Waals surface area contributed by atoms with Gasteiger partial charge in [-0.05, 0) is 55.2 Å². The van der Waals surface area contributed by atoms with Gasteiger partial charge >= 0.3 is 0 Å². The number of carbonyl (C=O) groups excluding carboxylic acids is 2. The SMILES string of the molecule is COc1cccc(CCC(=O)Nc2cccc(NC(=O)C3CC3)c2)c1. The van der Waals surface area contributed by atoms with Gasteiger partial charge in [0.1, 0.15) is 5.75 Å². The lowest BCUT2D eigenvalue weighted by Crippen LogP contribution is -2.15. The highest BCUT2D eigenvalue weighted by atomic mass is 16.5. The number of methoxy groups -OCH3 is 1. The molecule has 1 fully saturated rings. The lowest BCUT2D eigenvalue weighted by molar-refractivity contribution is -0.117. The van der Waals surface area contributed by atoms with E-state index in [0.717, 1.165) is 24.2 Å². The predicted octanol–water partition coefficient (Wildman–Crippen LogP) is 3.62. The van der Waals surface area contributed by atoms with Crippen LogP contribution in [-0.4, -0.2) is 18.9 Å². The maximum absolute atomic E-state index is 12.2. The first-order valence-corrected chi connectivity index (χ1v) is 8.48. The van der Waals surface area contributed by atoms with Crippen LogP contribution in [0.1, 0.15) is 24.8 Å². The van der Waals surface area contributed by atoms with Gasteiger partial charge in [-0.3, -0.25) is 9.59 Å². The van der Waals surface area contributed by atoms with Crippen LogP contribution in [0, 0.1) is 5.92 Å². The van der Waals surface area contributed by atoms with E-state index in [2.05, 4.69) is 10.6 Å². The quantitative estimate of drug-likeness (QED) is 0.810. The van der Waals surface area contributed by atoms with Crippen LogP contribution in [0.15, 0.2) is 48.5 Å². The first-order chi connectivity index (χ1) is 12.1. The average Bonchev–Trinajstić information content (AvgIpc) is 3.46. The van der Waals surface area contributed by atoms with Gasteiger partial charge in [0, 0.05) is 23.7 Å². The molecule has 1 aliphatic rings. The van der Waals surface area contributed by atoms with Gasteiger partial charge in [-0.15, -0.1) is 0 Å². The van der Waals surface area contributed by atoms with Crippen molar-refractivity contribution >= 4 is 23.2 Å². The molecule has 2 aromatic carbocycles. The highest BCUT2D eigenvalue weighted by molar-refractivity contribution is 5.96. The molecule has 3 rings (SSSR count). The van der Waals surface area contributed by atoms with Crippen molar-refractivity contribution in [2.24, 2.45) is 5.92 Å². The zero-order valence-corrected chi connectivity index (χ0v) is 14.2. The first kappa shape index (κ1) is 17.0. The molecule has 5 nitrogen and oxygen atoms in total. The third-order valence-electron chi connectivity index (χ3n) is 4.14. The minimum Gasteiger partial charge on any atom is -0.497 e. The summed E-state index contributed by atoms with van der Waals surface area (Å²) in [6.07, 6.45) is 2.95. The molecule has 1 saturated carbocycles. The van der Waals surface area contributed by atoms with Gasteiger partial charge in [0.2, 0.25) is 11.8 Å². The molecule has 0 spiro atoms. The van der Waals surface area contributed by atoms with Crippen LogP contribution in [-0.2, 0) is 16.0 Å². The molecule has 0 saturated heterocycles. The Kier molecular flexibility index (Phi) is 5.33. The maximum Gasteiger partial charge on any atom is 0.227 e. The third kappa shape index (κ3) is 5.08. The summed E-state index contributed by atoms with van der Waals surface area (Å²) < 4.78 is 5.19. The molecule has 2 N–H and O–H groups in total. The Balaban J connectivity index is 1.52. The Labute approximate surface area is 147 Å². The van der Waals surface area contributed by atoms with Gasteiger partial charge in [-0.1, -0.05) is 18.2 Å². The minimum absolute atomic E-state index is 0.0569. The average molecular weight is 338 g/mol. The van der Waals surface area contributed by atoms with Crippen molar-refractivity contribution in [2.45, 2.75) is 25.7 Å². The van der Waals surface area contributed by atoms with Crippen molar-refractivity contribution in [2.75, 3.05) is 17.7 Å². The van der Waals surface area contributed by atoms with Crippen molar-refractivity contribution in [3.63, 3.8) is 0 Å². The summed E-state index contributed by atoms with van der Waals surface area (Å²) in [5.74, 6) is 0.938. The number of hydrogen-bond acceptors (Lipinski definition) is 3. The molecular formula is C20H22N2O3. The number of aryl methyl sites for hydroxylation is 1. The van der Waals surface area contributed by atoms with E-state index in [4.69, 9.17) is 4.74 Å². The number of amides is 2. The van der Waals surface area contributed by atoms with E-state index < -0.39 is 0 Å². The number of carbonyl (C=O) groups is 2. The van der Waals surface area contributed by atoms with Gasteiger partial charge in [-0.25, -0.2) is 0 Å². The number of anilines is 2. The van der Waals surface area contributed by atoms with E-state index in [1.807, 2.05) is 42.5 Å². The van der Waals surface area contributed by atoms with Crippen molar-refractivity contribution in [1.82, 2.24) is 0 Å². The van der Waals surface area contributed by atoms with Gasteiger partial charge in [0.15, 0.2) is 0 Å².